The van der Waals surface area contributed by atoms with Crippen LogP contribution in [-0.4, -0.2) is 47.7 Å². The molecule has 5 heteroatoms. The summed E-state index contributed by atoms with van der Waals surface area (Å²) in [6.07, 6.45) is 4.00. The van der Waals surface area contributed by atoms with E-state index in [2.05, 4.69) is 53.5 Å². The Bertz CT molecular complexity index is 841. The van der Waals surface area contributed by atoms with Gasteiger partial charge in [0.25, 0.3) is 0 Å². The summed E-state index contributed by atoms with van der Waals surface area (Å²) in [5, 5.41) is 0. The molecule has 0 N–H and O–H groups in total. The predicted molar refractivity (Wildman–Crippen MR) is 119 cm³/mol. The average Bonchev–Trinajstić information content (AvgIpc) is 2.73. The van der Waals surface area contributed by atoms with Gasteiger partial charge in [0.2, 0.25) is 0 Å². The second-order valence-corrected chi connectivity index (χ2v) is 8.62. The minimum atomic E-state index is -0.499. The van der Waals surface area contributed by atoms with E-state index in [1.54, 1.807) is 12.0 Å². The lowest BCUT2D eigenvalue weighted by Gasteiger charge is -2.37. The van der Waals surface area contributed by atoms with Crippen LogP contribution in [-0.2, 0) is 17.8 Å². The van der Waals surface area contributed by atoms with Crippen molar-refractivity contribution >= 4 is 6.09 Å². The van der Waals surface area contributed by atoms with Gasteiger partial charge in [-0.1, -0.05) is 54.6 Å². The molecule has 1 aliphatic heterocycles. The summed E-state index contributed by atoms with van der Waals surface area (Å²) in [5.41, 5.74) is 1.95. The standard InChI is InChI=1S/C25H32N2O3/c1-25(2,3)30-24(28)26-16-8-11-22(19-26)27(17-20-9-6-5-7-10-20)18-21-12-14-23(29-4)15-13-21/h5-15,22H,16-19H2,1-4H3/t22-/m1/s1. The third kappa shape index (κ3) is 6.36. The number of benzene rings is 2. The van der Waals surface area contributed by atoms with Crippen molar-refractivity contribution in [1.82, 2.24) is 9.80 Å². The van der Waals surface area contributed by atoms with E-state index in [0.717, 1.165) is 18.8 Å². The molecule has 1 aliphatic rings. The Morgan fingerprint density at radius 2 is 1.67 bits per heavy atom. The maximum Gasteiger partial charge on any atom is 0.410 e. The summed E-state index contributed by atoms with van der Waals surface area (Å²) in [7, 11) is 1.68. The molecular formula is C25H32N2O3. The van der Waals surface area contributed by atoms with Crippen LogP contribution in [0.2, 0.25) is 0 Å². The van der Waals surface area contributed by atoms with Crippen LogP contribution in [0.5, 0.6) is 5.75 Å². The number of hydrogen-bond acceptors (Lipinski definition) is 4. The fraction of sp³-hybridized carbons (Fsp3) is 0.400. The Morgan fingerprint density at radius 3 is 2.27 bits per heavy atom. The zero-order chi connectivity index (χ0) is 21.6. The normalized spacial score (nSPS) is 16.6. The molecule has 2 aromatic rings. The maximum atomic E-state index is 12.6. The first-order valence-electron chi connectivity index (χ1n) is 10.4. The molecule has 3 rings (SSSR count). The third-order valence-corrected chi connectivity index (χ3v) is 4.99. The van der Waals surface area contributed by atoms with Crippen molar-refractivity contribution in [2.24, 2.45) is 0 Å². The van der Waals surface area contributed by atoms with E-state index in [0.29, 0.717) is 13.1 Å². The molecule has 0 spiro atoms. The first kappa shape index (κ1) is 21.9. The van der Waals surface area contributed by atoms with Crippen LogP contribution in [0.25, 0.3) is 0 Å². The number of carbonyl (C=O) groups excluding carboxylic acids is 1. The Balaban J connectivity index is 1.77. The second kappa shape index (κ2) is 9.81. The van der Waals surface area contributed by atoms with E-state index >= 15 is 0 Å². The fourth-order valence-corrected chi connectivity index (χ4v) is 3.49. The summed E-state index contributed by atoms with van der Waals surface area (Å²) in [4.78, 5) is 16.8. The molecule has 0 bridgehead atoms. The van der Waals surface area contributed by atoms with Gasteiger partial charge in [-0.2, -0.15) is 0 Å². The molecule has 1 heterocycles. The summed E-state index contributed by atoms with van der Waals surface area (Å²) in [6.45, 7) is 8.44. The molecule has 0 saturated carbocycles. The van der Waals surface area contributed by atoms with Gasteiger partial charge in [0, 0.05) is 32.2 Å². The number of amides is 1. The highest BCUT2D eigenvalue weighted by Crippen LogP contribution is 2.20. The summed E-state index contributed by atoms with van der Waals surface area (Å²) in [6, 6.07) is 18.7. The van der Waals surface area contributed by atoms with Crippen molar-refractivity contribution in [2.75, 3.05) is 20.2 Å². The van der Waals surface area contributed by atoms with Gasteiger partial charge in [0.05, 0.1) is 7.11 Å². The predicted octanol–water partition coefficient (Wildman–Crippen LogP) is 4.87. The number of methoxy groups -OCH3 is 1. The minimum Gasteiger partial charge on any atom is -0.497 e. The van der Waals surface area contributed by atoms with Crippen LogP contribution in [0.1, 0.15) is 31.9 Å². The summed E-state index contributed by atoms with van der Waals surface area (Å²) >= 11 is 0. The first-order chi connectivity index (χ1) is 14.3. The molecule has 30 heavy (non-hydrogen) atoms. The molecule has 5 nitrogen and oxygen atoms in total. The lowest BCUT2D eigenvalue weighted by molar-refractivity contribution is 0.0210. The quantitative estimate of drug-likeness (QED) is 0.640. The monoisotopic (exact) mass is 408 g/mol. The Morgan fingerprint density at radius 1 is 1.03 bits per heavy atom. The highest BCUT2D eigenvalue weighted by Gasteiger charge is 2.28. The van der Waals surface area contributed by atoms with Crippen LogP contribution in [0, 0.1) is 0 Å². The van der Waals surface area contributed by atoms with Crippen molar-refractivity contribution in [3.8, 4) is 5.75 Å². The van der Waals surface area contributed by atoms with Crippen molar-refractivity contribution in [3.63, 3.8) is 0 Å². The van der Waals surface area contributed by atoms with Gasteiger partial charge in [-0.3, -0.25) is 4.90 Å². The lowest BCUT2D eigenvalue weighted by Crippen LogP contribution is -2.48. The molecule has 1 atom stereocenters. The largest absolute Gasteiger partial charge is 0.497 e. The lowest BCUT2D eigenvalue weighted by atomic mass is 10.1. The Hall–Kier alpha value is -2.79. The summed E-state index contributed by atoms with van der Waals surface area (Å²) in [5.74, 6) is 0.849. The van der Waals surface area contributed by atoms with E-state index in [1.807, 2.05) is 39.0 Å². The molecule has 160 valence electrons. The minimum absolute atomic E-state index is 0.105. The molecule has 0 unspecified atom stereocenters. The first-order valence-corrected chi connectivity index (χ1v) is 10.4. The topological polar surface area (TPSA) is 42.0 Å². The number of nitrogens with zero attached hydrogens (tertiary/aromatic N) is 2. The number of ether oxygens (including phenoxy) is 2. The van der Waals surface area contributed by atoms with Gasteiger partial charge in [0.1, 0.15) is 11.4 Å². The molecule has 0 saturated heterocycles. The molecule has 2 aromatic carbocycles. The van der Waals surface area contributed by atoms with Crippen LogP contribution in [0.4, 0.5) is 4.79 Å². The van der Waals surface area contributed by atoms with Gasteiger partial charge in [-0.15, -0.1) is 0 Å². The van der Waals surface area contributed by atoms with Crippen LogP contribution in [0.3, 0.4) is 0 Å². The van der Waals surface area contributed by atoms with E-state index in [4.69, 9.17) is 9.47 Å². The van der Waals surface area contributed by atoms with Crippen molar-refractivity contribution < 1.29 is 14.3 Å². The Kier molecular flexibility index (Phi) is 7.16. The van der Waals surface area contributed by atoms with E-state index < -0.39 is 5.60 Å². The van der Waals surface area contributed by atoms with Gasteiger partial charge < -0.3 is 14.4 Å². The van der Waals surface area contributed by atoms with Crippen LogP contribution in [0.15, 0.2) is 66.7 Å². The van der Waals surface area contributed by atoms with Gasteiger partial charge in [0.15, 0.2) is 0 Å². The van der Waals surface area contributed by atoms with Gasteiger partial charge in [-0.25, -0.2) is 4.79 Å². The molecule has 0 aromatic heterocycles. The van der Waals surface area contributed by atoms with Crippen molar-refractivity contribution in [1.29, 1.82) is 0 Å². The third-order valence-electron chi connectivity index (χ3n) is 4.99. The van der Waals surface area contributed by atoms with Crippen molar-refractivity contribution in [2.45, 2.75) is 45.5 Å². The van der Waals surface area contributed by atoms with Gasteiger partial charge >= 0.3 is 6.09 Å². The van der Waals surface area contributed by atoms with E-state index in [9.17, 15) is 4.79 Å². The van der Waals surface area contributed by atoms with Crippen LogP contribution >= 0.6 is 0 Å². The highest BCUT2D eigenvalue weighted by atomic mass is 16.6. The Labute approximate surface area is 179 Å². The molecule has 0 radical (unpaired) electrons. The van der Waals surface area contributed by atoms with Crippen molar-refractivity contribution in [3.05, 3.63) is 77.9 Å². The molecule has 0 fully saturated rings. The van der Waals surface area contributed by atoms with Gasteiger partial charge in [-0.05, 0) is 44.0 Å². The fourth-order valence-electron chi connectivity index (χ4n) is 3.49. The molecule has 1 amide bonds. The smallest absolute Gasteiger partial charge is 0.410 e. The van der Waals surface area contributed by atoms with E-state index in [-0.39, 0.29) is 12.1 Å². The zero-order valence-electron chi connectivity index (χ0n) is 18.4. The second-order valence-electron chi connectivity index (χ2n) is 8.62. The SMILES string of the molecule is COc1ccc(CN(Cc2ccccc2)[C@@H]2C=CCN(C(=O)OC(C)(C)C)C2)cc1. The van der Waals surface area contributed by atoms with Crippen LogP contribution < -0.4 is 4.74 Å². The number of hydrogen-bond donors (Lipinski definition) is 0. The maximum absolute atomic E-state index is 12.6. The van der Waals surface area contributed by atoms with E-state index in [1.165, 1.54) is 11.1 Å². The number of rotatable bonds is 6. The number of carbonyl (C=O) groups is 1. The highest BCUT2D eigenvalue weighted by molar-refractivity contribution is 5.68. The molecule has 0 aliphatic carbocycles. The average molecular weight is 409 g/mol. The zero-order valence-corrected chi connectivity index (χ0v) is 18.4. The summed E-state index contributed by atoms with van der Waals surface area (Å²) < 4.78 is 10.9. The molecular weight excluding hydrogens is 376 g/mol.